The monoisotopic (exact) mass is 486 g/mol. The summed E-state index contributed by atoms with van der Waals surface area (Å²) in [5.41, 5.74) is 2.41. The summed E-state index contributed by atoms with van der Waals surface area (Å²) in [5.74, 6) is 0.132. The fourth-order valence-corrected chi connectivity index (χ4v) is 4.41. The van der Waals surface area contributed by atoms with E-state index in [4.69, 9.17) is 4.74 Å². The zero-order valence-corrected chi connectivity index (χ0v) is 20.7. The second-order valence-corrected chi connectivity index (χ2v) is 10.1. The van der Waals surface area contributed by atoms with Gasteiger partial charge in [0.15, 0.2) is 0 Å². The van der Waals surface area contributed by atoms with E-state index in [1.54, 1.807) is 42.5 Å². The number of carbonyl (C=O) groups excluding carboxylic acids is 2. The van der Waals surface area contributed by atoms with Crippen LogP contribution in [0.15, 0.2) is 47.4 Å². The number of aryl methyl sites for hydroxylation is 2. The number of fused-ring (bicyclic) bond motifs is 1. The van der Waals surface area contributed by atoms with E-state index in [2.05, 4.69) is 10.3 Å². The van der Waals surface area contributed by atoms with Gasteiger partial charge in [0.1, 0.15) is 5.82 Å². The van der Waals surface area contributed by atoms with E-state index in [0.29, 0.717) is 42.2 Å². The topological polar surface area (TPSA) is 111 Å². The summed E-state index contributed by atoms with van der Waals surface area (Å²) in [7, 11) is -0.589. The van der Waals surface area contributed by atoms with Crippen LogP contribution >= 0.6 is 0 Å². The van der Waals surface area contributed by atoms with Gasteiger partial charge in [0.05, 0.1) is 28.1 Å². The summed E-state index contributed by atoms with van der Waals surface area (Å²) in [6, 6.07) is 11.4. The Kier molecular flexibility index (Phi) is 8.06. The van der Waals surface area contributed by atoms with E-state index < -0.39 is 10.0 Å². The molecule has 0 saturated heterocycles. The maximum Gasteiger partial charge on any atom is 0.338 e. The Morgan fingerprint density at radius 1 is 1.09 bits per heavy atom. The number of hydrogen-bond donors (Lipinski definition) is 1. The van der Waals surface area contributed by atoms with Gasteiger partial charge >= 0.3 is 5.97 Å². The molecule has 0 bridgehead atoms. The van der Waals surface area contributed by atoms with Gasteiger partial charge in [-0.1, -0.05) is 6.92 Å². The van der Waals surface area contributed by atoms with Gasteiger partial charge in [0.2, 0.25) is 15.9 Å². The molecule has 0 spiro atoms. The lowest BCUT2D eigenvalue weighted by Crippen LogP contribution is -2.22. The third kappa shape index (κ3) is 5.63. The summed E-state index contributed by atoms with van der Waals surface area (Å²) in [5, 5.41) is 2.82. The quantitative estimate of drug-likeness (QED) is 0.440. The molecule has 0 unspecified atom stereocenters. The molecule has 9 nitrogen and oxygen atoms in total. The van der Waals surface area contributed by atoms with E-state index >= 15 is 0 Å². The van der Waals surface area contributed by atoms with Crippen LogP contribution in [-0.4, -0.2) is 54.9 Å². The normalized spacial score (nSPS) is 11.7. The molecule has 1 aromatic heterocycles. The number of nitrogens with one attached hydrogen (secondary N) is 1. The summed E-state index contributed by atoms with van der Waals surface area (Å²) >= 11 is 0. The Hall–Kier alpha value is -3.24. The number of ether oxygens (including phenoxy) is 1. The molecule has 0 fully saturated rings. The molecule has 0 aliphatic rings. The molecular formula is C24H30N4O5S. The molecule has 2 aromatic carbocycles. The molecule has 0 radical (unpaired) electrons. The van der Waals surface area contributed by atoms with Gasteiger partial charge in [-0.2, -0.15) is 0 Å². The Labute approximate surface area is 199 Å². The minimum Gasteiger partial charge on any atom is -0.462 e. The number of rotatable bonds is 10. The highest BCUT2D eigenvalue weighted by Gasteiger charge is 2.20. The van der Waals surface area contributed by atoms with Crippen molar-refractivity contribution in [1.29, 1.82) is 0 Å². The smallest absolute Gasteiger partial charge is 0.338 e. The van der Waals surface area contributed by atoms with Crippen molar-refractivity contribution in [2.75, 3.05) is 26.0 Å². The number of imidazole rings is 1. The third-order valence-corrected chi connectivity index (χ3v) is 7.12. The molecule has 3 rings (SSSR count). The van der Waals surface area contributed by atoms with Crippen molar-refractivity contribution in [2.24, 2.45) is 0 Å². The van der Waals surface area contributed by atoms with Crippen molar-refractivity contribution in [3.05, 3.63) is 53.9 Å². The Morgan fingerprint density at radius 3 is 2.41 bits per heavy atom. The number of benzene rings is 2. The van der Waals surface area contributed by atoms with Crippen LogP contribution in [0.3, 0.4) is 0 Å². The maximum atomic E-state index is 12.5. The van der Waals surface area contributed by atoms with Gasteiger partial charge < -0.3 is 14.6 Å². The first-order valence-corrected chi connectivity index (χ1v) is 12.6. The van der Waals surface area contributed by atoms with Crippen molar-refractivity contribution in [1.82, 2.24) is 13.9 Å². The highest BCUT2D eigenvalue weighted by atomic mass is 32.2. The second-order valence-electron chi connectivity index (χ2n) is 7.97. The SMILES string of the molecule is CCCOC(=O)c1ccc(NC(=O)CCc2nc3cc(S(=O)(=O)N(C)C)ccc3n2CC)cc1. The van der Waals surface area contributed by atoms with E-state index in [9.17, 15) is 18.0 Å². The Balaban J connectivity index is 1.68. The van der Waals surface area contributed by atoms with Crippen LogP contribution in [0, 0.1) is 0 Å². The minimum absolute atomic E-state index is 0.178. The van der Waals surface area contributed by atoms with E-state index in [1.807, 2.05) is 18.4 Å². The summed E-state index contributed by atoms with van der Waals surface area (Å²) in [4.78, 5) is 29.2. The van der Waals surface area contributed by atoms with Gasteiger partial charge in [-0.05, 0) is 55.8 Å². The number of aromatic nitrogens is 2. The third-order valence-electron chi connectivity index (χ3n) is 5.31. The van der Waals surface area contributed by atoms with Crippen molar-refractivity contribution >= 4 is 38.6 Å². The molecule has 182 valence electrons. The molecule has 10 heteroatoms. The predicted octanol–water partition coefficient (Wildman–Crippen LogP) is 3.44. The van der Waals surface area contributed by atoms with Crippen LogP contribution in [0.2, 0.25) is 0 Å². The lowest BCUT2D eigenvalue weighted by molar-refractivity contribution is -0.116. The molecule has 0 atom stereocenters. The van der Waals surface area contributed by atoms with Crippen LogP contribution in [-0.2, 0) is 32.5 Å². The lowest BCUT2D eigenvalue weighted by Gasteiger charge is -2.11. The summed E-state index contributed by atoms with van der Waals surface area (Å²) in [6.07, 6.45) is 1.35. The fourth-order valence-electron chi connectivity index (χ4n) is 3.49. The van der Waals surface area contributed by atoms with Crippen LogP contribution in [0.4, 0.5) is 5.69 Å². The number of esters is 1. The zero-order valence-electron chi connectivity index (χ0n) is 19.9. The van der Waals surface area contributed by atoms with Gasteiger partial charge in [0, 0.05) is 39.2 Å². The van der Waals surface area contributed by atoms with Crippen LogP contribution < -0.4 is 5.32 Å². The molecular weight excluding hydrogens is 456 g/mol. The van der Waals surface area contributed by atoms with E-state index in [-0.39, 0.29) is 23.2 Å². The Morgan fingerprint density at radius 2 is 1.79 bits per heavy atom. The van der Waals surface area contributed by atoms with E-state index in [0.717, 1.165) is 16.2 Å². The van der Waals surface area contributed by atoms with Gasteiger partial charge in [0.25, 0.3) is 0 Å². The fraction of sp³-hybridized carbons (Fsp3) is 0.375. The first-order chi connectivity index (χ1) is 16.2. The molecule has 34 heavy (non-hydrogen) atoms. The van der Waals surface area contributed by atoms with Crippen LogP contribution in [0.5, 0.6) is 0 Å². The van der Waals surface area contributed by atoms with Crippen molar-refractivity contribution in [3.63, 3.8) is 0 Å². The molecule has 1 amide bonds. The summed E-state index contributed by atoms with van der Waals surface area (Å²) in [6.45, 7) is 4.91. The van der Waals surface area contributed by atoms with Gasteiger partial charge in [-0.15, -0.1) is 0 Å². The molecule has 0 aliphatic carbocycles. The van der Waals surface area contributed by atoms with E-state index in [1.165, 1.54) is 14.1 Å². The molecule has 0 aliphatic heterocycles. The largest absolute Gasteiger partial charge is 0.462 e. The molecule has 3 aromatic rings. The zero-order chi connectivity index (χ0) is 24.9. The number of anilines is 1. The van der Waals surface area contributed by atoms with Crippen LogP contribution in [0.1, 0.15) is 42.9 Å². The van der Waals surface area contributed by atoms with Gasteiger partial charge in [-0.3, -0.25) is 4.79 Å². The van der Waals surface area contributed by atoms with Crippen molar-refractivity contribution in [3.8, 4) is 0 Å². The van der Waals surface area contributed by atoms with Gasteiger partial charge in [-0.25, -0.2) is 22.5 Å². The average molecular weight is 487 g/mol. The molecule has 1 N–H and O–H groups in total. The average Bonchev–Trinajstić information content (AvgIpc) is 3.18. The lowest BCUT2D eigenvalue weighted by atomic mass is 10.2. The summed E-state index contributed by atoms with van der Waals surface area (Å²) < 4.78 is 33.1. The predicted molar refractivity (Wildman–Crippen MR) is 130 cm³/mol. The van der Waals surface area contributed by atoms with Crippen molar-refractivity contribution < 1.29 is 22.7 Å². The Bertz CT molecular complexity index is 1280. The standard InChI is InChI=1S/C24H30N4O5S/c1-5-15-33-24(30)17-7-9-18(10-8-17)25-23(29)14-13-22-26-20-16-19(34(31,32)27(3)4)11-12-21(20)28(22)6-2/h7-12,16H,5-6,13-15H2,1-4H3,(H,25,29). The highest BCUT2D eigenvalue weighted by Crippen LogP contribution is 2.23. The molecule has 1 heterocycles. The number of amides is 1. The maximum absolute atomic E-state index is 12.5. The number of nitrogens with zero attached hydrogens (tertiary/aromatic N) is 3. The first-order valence-electron chi connectivity index (χ1n) is 11.2. The highest BCUT2D eigenvalue weighted by molar-refractivity contribution is 7.89. The number of hydrogen-bond acceptors (Lipinski definition) is 6. The second kappa shape index (κ2) is 10.8. The minimum atomic E-state index is -3.56. The number of sulfonamides is 1. The van der Waals surface area contributed by atoms with Crippen LogP contribution in [0.25, 0.3) is 11.0 Å². The first kappa shape index (κ1) is 25.4. The number of carbonyl (C=O) groups is 2. The van der Waals surface area contributed by atoms with Crippen molar-refractivity contribution in [2.45, 2.75) is 44.6 Å². The molecule has 0 saturated carbocycles.